The minimum absolute atomic E-state index is 0.139. The second-order valence-electron chi connectivity index (χ2n) is 4.55. The van der Waals surface area contributed by atoms with Gasteiger partial charge in [0.15, 0.2) is 5.65 Å². The number of nitrogens with one attached hydrogen (secondary N) is 1. The number of methoxy groups -OCH3 is 1. The molecule has 1 N–H and O–H groups in total. The Kier molecular flexibility index (Phi) is 3.27. The highest BCUT2D eigenvalue weighted by atomic mass is 16.5. The Labute approximate surface area is 121 Å². The third-order valence-electron chi connectivity index (χ3n) is 3.09. The van der Waals surface area contributed by atoms with Crippen LogP contribution in [0.3, 0.4) is 0 Å². The average Bonchev–Trinajstić information content (AvgIpc) is 2.89. The molecule has 0 bridgehead atoms. The number of carbonyl (C=O) groups is 1. The summed E-state index contributed by atoms with van der Waals surface area (Å²) in [6, 6.07) is 7.62. The molecule has 2 heterocycles. The maximum absolute atomic E-state index is 11.2. The summed E-state index contributed by atoms with van der Waals surface area (Å²) in [6.07, 6.45) is 5.12. The van der Waals surface area contributed by atoms with Gasteiger partial charge >= 0.3 is 0 Å². The number of hydrogen-bond acceptors (Lipinski definition) is 4. The van der Waals surface area contributed by atoms with Crippen molar-refractivity contribution in [1.29, 1.82) is 0 Å². The number of rotatable bonds is 3. The zero-order valence-electron chi connectivity index (χ0n) is 11.7. The van der Waals surface area contributed by atoms with Crippen LogP contribution in [-0.4, -0.2) is 27.4 Å². The number of ether oxygens (including phenoxy) is 1. The van der Waals surface area contributed by atoms with Crippen molar-refractivity contribution >= 4 is 17.4 Å². The largest absolute Gasteiger partial charge is 0.497 e. The summed E-state index contributed by atoms with van der Waals surface area (Å²) in [4.78, 5) is 19.8. The normalized spacial score (nSPS) is 10.6. The lowest BCUT2D eigenvalue weighted by Gasteiger charge is -2.06. The predicted octanol–water partition coefficient (Wildman–Crippen LogP) is 2.36. The number of nitrogens with zero attached hydrogens (tertiary/aromatic N) is 3. The van der Waals surface area contributed by atoms with Gasteiger partial charge < -0.3 is 10.1 Å². The maximum Gasteiger partial charge on any atom is 0.222 e. The molecule has 0 saturated heterocycles. The Morgan fingerprint density at radius 1 is 1.19 bits per heavy atom. The van der Waals surface area contributed by atoms with Gasteiger partial charge in [0, 0.05) is 18.7 Å². The quantitative estimate of drug-likeness (QED) is 0.800. The smallest absolute Gasteiger partial charge is 0.222 e. The third kappa shape index (κ3) is 2.55. The molecule has 2 aromatic heterocycles. The van der Waals surface area contributed by atoms with Crippen molar-refractivity contribution in [3.8, 4) is 17.0 Å². The standard InChI is InChI=1S/C15H14N4O2/c1-10(20)18-15-8-17-14-7-16-13(9-19(14)15)11-3-5-12(21-2)6-4-11/h3-9H,1-2H3,(H,18,20). The fourth-order valence-corrected chi connectivity index (χ4v) is 2.07. The molecule has 6 nitrogen and oxygen atoms in total. The molecule has 0 fully saturated rings. The van der Waals surface area contributed by atoms with E-state index in [2.05, 4.69) is 15.3 Å². The van der Waals surface area contributed by atoms with Gasteiger partial charge in [-0.1, -0.05) is 0 Å². The van der Waals surface area contributed by atoms with Crippen molar-refractivity contribution in [2.45, 2.75) is 6.92 Å². The van der Waals surface area contributed by atoms with Gasteiger partial charge in [-0.2, -0.15) is 0 Å². The molecule has 0 aliphatic carbocycles. The highest BCUT2D eigenvalue weighted by molar-refractivity contribution is 5.88. The van der Waals surface area contributed by atoms with Gasteiger partial charge in [-0.05, 0) is 24.3 Å². The van der Waals surface area contributed by atoms with E-state index in [1.807, 2.05) is 30.5 Å². The van der Waals surface area contributed by atoms with Crippen LogP contribution in [0.4, 0.5) is 5.82 Å². The van der Waals surface area contributed by atoms with E-state index in [1.54, 1.807) is 23.9 Å². The van der Waals surface area contributed by atoms with Crippen LogP contribution in [0, 0.1) is 0 Å². The van der Waals surface area contributed by atoms with Crippen LogP contribution in [-0.2, 0) is 4.79 Å². The molecule has 3 aromatic rings. The Balaban J connectivity index is 2.04. The second kappa shape index (κ2) is 5.24. The lowest BCUT2D eigenvalue weighted by molar-refractivity contribution is -0.114. The van der Waals surface area contributed by atoms with Crippen molar-refractivity contribution in [2.24, 2.45) is 0 Å². The molecule has 1 amide bonds. The molecule has 0 aliphatic rings. The fraction of sp³-hybridized carbons (Fsp3) is 0.133. The van der Waals surface area contributed by atoms with E-state index in [0.717, 1.165) is 17.0 Å². The van der Waals surface area contributed by atoms with Crippen LogP contribution in [0.15, 0.2) is 42.9 Å². The monoisotopic (exact) mass is 282 g/mol. The van der Waals surface area contributed by atoms with E-state index in [1.165, 1.54) is 6.92 Å². The summed E-state index contributed by atoms with van der Waals surface area (Å²) in [6.45, 7) is 1.46. The molecular weight excluding hydrogens is 268 g/mol. The number of benzene rings is 1. The summed E-state index contributed by atoms with van der Waals surface area (Å²) in [7, 11) is 1.63. The molecule has 0 aliphatic heterocycles. The summed E-state index contributed by atoms with van der Waals surface area (Å²) in [5.41, 5.74) is 2.42. The second-order valence-corrected chi connectivity index (χ2v) is 4.55. The zero-order valence-corrected chi connectivity index (χ0v) is 11.7. The summed E-state index contributed by atoms with van der Waals surface area (Å²) in [5, 5.41) is 2.74. The van der Waals surface area contributed by atoms with Crippen molar-refractivity contribution in [1.82, 2.24) is 14.4 Å². The van der Waals surface area contributed by atoms with Crippen LogP contribution in [0.2, 0.25) is 0 Å². The average molecular weight is 282 g/mol. The SMILES string of the molecule is COc1ccc(-c2cn3c(NC(C)=O)cnc3cn2)cc1. The minimum atomic E-state index is -0.139. The Hall–Kier alpha value is -2.89. The summed E-state index contributed by atoms with van der Waals surface area (Å²) >= 11 is 0. The predicted molar refractivity (Wildman–Crippen MR) is 79.3 cm³/mol. The summed E-state index contributed by atoms with van der Waals surface area (Å²) < 4.78 is 6.94. The van der Waals surface area contributed by atoms with Crippen molar-refractivity contribution in [2.75, 3.05) is 12.4 Å². The van der Waals surface area contributed by atoms with Crippen molar-refractivity contribution in [3.05, 3.63) is 42.9 Å². The number of imidazole rings is 1. The van der Waals surface area contributed by atoms with E-state index >= 15 is 0 Å². The van der Waals surface area contributed by atoms with Crippen molar-refractivity contribution in [3.63, 3.8) is 0 Å². The molecule has 6 heteroatoms. The van der Waals surface area contributed by atoms with E-state index in [0.29, 0.717) is 11.5 Å². The molecule has 0 unspecified atom stereocenters. The van der Waals surface area contributed by atoms with Crippen LogP contribution >= 0.6 is 0 Å². The lowest BCUT2D eigenvalue weighted by Crippen LogP contribution is -2.08. The number of amides is 1. The molecule has 0 atom stereocenters. The molecule has 106 valence electrons. The van der Waals surface area contributed by atoms with Gasteiger partial charge in [-0.3, -0.25) is 14.2 Å². The highest BCUT2D eigenvalue weighted by Gasteiger charge is 2.07. The lowest BCUT2D eigenvalue weighted by atomic mass is 10.1. The molecule has 21 heavy (non-hydrogen) atoms. The Morgan fingerprint density at radius 3 is 2.62 bits per heavy atom. The maximum atomic E-state index is 11.2. The van der Waals surface area contributed by atoms with Crippen molar-refractivity contribution < 1.29 is 9.53 Å². The first-order valence-electron chi connectivity index (χ1n) is 6.42. The van der Waals surface area contributed by atoms with E-state index in [4.69, 9.17) is 4.74 Å². The Bertz CT molecular complexity index is 793. The van der Waals surface area contributed by atoms with E-state index in [-0.39, 0.29) is 5.91 Å². The number of aromatic nitrogens is 3. The Morgan fingerprint density at radius 2 is 1.95 bits per heavy atom. The summed E-state index contributed by atoms with van der Waals surface area (Å²) in [5.74, 6) is 1.27. The van der Waals surface area contributed by atoms with Crippen LogP contribution in [0.25, 0.3) is 16.9 Å². The number of hydrogen-bond donors (Lipinski definition) is 1. The van der Waals surface area contributed by atoms with Crippen LogP contribution in [0.1, 0.15) is 6.92 Å². The van der Waals surface area contributed by atoms with Gasteiger partial charge in [0.05, 0.1) is 25.2 Å². The first kappa shape index (κ1) is 13.1. The van der Waals surface area contributed by atoms with Gasteiger partial charge in [-0.25, -0.2) is 4.98 Å². The molecule has 0 spiro atoms. The first-order valence-corrected chi connectivity index (χ1v) is 6.42. The van der Waals surface area contributed by atoms with Gasteiger partial charge in [0.25, 0.3) is 0 Å². The zero-order chi connectivity index (χ0) is 14.8. The first-order chi connectivity index (χ1) is 10.2. The molecule has 0 saturated carbocycles. The number of anilines is 1. The molecule has 1 aromatic carbocycles. The van der Waals surface area contributed by atoms with Crippen LogP contribution in [0.5, 0.6) is 5.75 Å². The third-order valence-corrected chi connectivity index (χ3v) is 3.09. The molecular formula is C15H14N4O2. The van der Waals surface area contributed by atoms with Gasteiger partial charge in [0.2, 0.25) is 5.91 Å². The fourth-order valence-electron chi connectivity index (χ4n) is 2.07. The van der Waals surface area contributed by atoms with E-state index in [9.17, 15) is 4.79 Å². The van der Waals surface area contributed by atoms with Gasteiger partial charge in [-0.15, -0.1) is 0 Å². The number of carbonyl (C=O) groups excluding carboxylic acids is 1. The van der Waals surface area contributed by atoms with Gasteiger partial charge in [0.1, 0.15) is 11.6 Å². The molecule has 0 radical (unpaired) electrons. The topological polar surface area (TPSA) is 68.5 Å². The van der Waals surface area contributed by atoms with Crippen LogP contribution < -0.4 is 10.1 Å². The van der Waals surface area contributed by atoms with E-state index < -0.39 is 0 Å². The minimum Gasteiger partial charge on any atom is -0.497 e. The molecule has 3 rings (SSSR count). The highest BCUT2D eigenvalue weighted by Crippen LogP contribution is 2.22. The number of fused-ring (bicyclic) bond motifs is 1.